The van der Waals surface area contributed by atoms with Crippen molar-refractivity contribution >= 4 is 0 Å². The van der Waals surface area contributed by atoms with Gasteiger partial charge in [-0.25, -0.2) is 4.39 Å². The molecule has 0 bridgehead atoms. The number of halogens is 1. The minimum Gasteiger partial charge on any atom is -0.236 e. The fraction of sp³-hybridized carbons (Fsp3) is 0.684. The normalized spacial score (nSPS) is 31.7. The van der Waals surface area contributed by atoms with Crippen molar-refractivity contribution in [3.05, 3.63) is 35.6 Å². The van der Waals surface area contributed by atoms with Gasteiger partial charge in [0.2, 0.25) is 0 Å². The molecule has 0 saturated heterocycles. The van der Waals surface area contributed by atoms with Crippen LogP contribution in [0, 0.1) is 29.6 Å². The molecule has 1 aromatic rings. The van der Waals surface area contributed by atoms with Gasteiger partial charge in [-0.2, -0.15) is 17.7 Å². The summed E-state index contributed by atoms with van der Waals surface area (Å²) in [5, 5.41) is 0. The van der Waals surface area contributed by atoms with E-state index in [0.29, 0.717) is 5.92 Å². The Morgan fingerprint density at radius 2 is 1.45 bits per heavy atom. The van der Waals surface area contributed by atoms with Gasteiger partial charge in [0.1, 0.15) is 0 Å². The molecular weight excluding hydrogens is 425 g/mol. The maximum atomic E-state index is 13.3. The van der Waals surface area contributed by atoms with Crippen molar-refractivity contribution < 1.29 is 69.8 Å². The summed E-state index contributed by atoms with van der Waals surface area (Å²) in [6.45, 7) is 2.40. The van der Waals surface area contributed by atoms with Gasteiger partial charge in [0.15, 0.2) is 0 Å². The summed E-state index contributed by atoms with van der Waals surface area (Å²) in [6.07, 6.45) is 11.0. The summed E-state index contributed by atoms with van der Waals surface area (Å²) >= 11 is 0. The second-order valence-electron chi connectivity index (χ2n) is 7.10. The van der Waals surface area contributed by atoms with E-state index in [1.54, 1.807) is 12.1 Å². The molecule has 0 aliphatic heterocycles. The van der Waals surface area contributed by atoms with Gasteiger partial charge >= 0.3 is 0 Å². The molecule has 0 N–H and O–H groups in total. The van der Waals surface area contributed by atoms with Crippen LogP contribution in [0.3, 0.4) is 0 Å². The third kappa shape index (κ3) is 5.71. The van der Waals surface area contributed by atoms with Crippen molar-refractivity contribution in [1.29, 1.82) is 0 Å². The Kier molecular flexibility index (Phi) is 10.1. The average Bonchev–Trinajstić information content (AvgIpc) is 2.48. The fourth-order valence-electron chi connectivity index (χ4n) is 4.39. The largest absolute Gasteiger partial charge is 0.236 e. The molecule has 2 fully saturated rings. The minimum atomic E-state index is -0.203. The zero-order valence-electron chi connectivity index (χ0n) is 13.7. The molecule has 2 radical (unpaired) electrons. The summed E-state index contributed by atoms with van der Waals surface area (Å²) in [6, 6.07) is 8.08. The quantitative estimate of drug-likeness (QED) is 0.505. The molecule has 1 aromatic carbocycles. The van der Waals surface area contributed by atoms with Crippen LogP contribution in [0.5, 0.6) is 0 Å². The van der Waals surface area contributed by atoms with Crippen LogP contribution in [0.25, 0.3) is 0 Å². The molecule has 0 unspecified atom stereocenters. The second-order valence-corrected chi connectivity index (χ2v) is 7.10. The zero-order chi connectivity index (χ0) is 13.9. The monoisotopic (exact) mass is 451 g/mol. The standard InChI is InChI=1S/C19H26F.2Y/c1-14-5-7-15(8-6-14)16-9-11-17(12-10-16)18-3-2-4-19(20)13-18;;/h2-3,13-17H,5-12H2,1H3;;/q-1;;. The molecule has 2 saturated carbocycles. The predicted molar refractivity (Wildman–Crippen MR) is 81.1 cm³/mol. The van der Waals surface area contributed by atoms with Gasteiger partial charge in [-0.05, 0) is 62.2 Å². The van der Waals surface area contributed by atoms with E-state index in [0.717, 1.165) is 17.8 Å². The first kappa shape index (κ1) is 21.4. The van der Waals surface area contributed by atoms with Crippen molar-refractivity contribution in [3.63, 3.8) is 0 Å². The molecule has 2 aliphatic carbocycles. The molecule has 116 valence electrons. The Morgan fingerprint density at radius 1 is 0.909 bits per heavy atom. The van der Waals surface area contributed by atoms with E-state index in [2.05, 4.69) is 19.1 Å². The Bertz CT molecular complexity index is 433. The topological polar surface area (TPSA) is 0 Å². The van der Waals surface area contributed by atoms with Crippen molar-refractivity contribution in [2.45, 2.75) is 64.2 Å². The Morgan fingerprint density at radius 3 is 2.00 bits per heavy atom. The van der Waals surface area contributed by atoms with E-state index < -0.39 is 0 Å². The molecule has 0 amide bonds. The van der Waals surface area contributed by atoms with Crippen LogP contribution in [0.4, 0.5) is 4.39 Å². The smallest absolute Gasteiger partial charge is 0.0111 e. The maximum absolute atomic E-state index is 13.3. The first-order chi connectivity index (χ1) is 9.72. The van der Waals surface area contributed by atoms with Crippen molar-refractivity contribution in [1.82, 2.24) is 0 Å². The SMILES string of the molecule is CC1CCC(C2CCC(c3cc[c-]c(F)c3)CC2)CC1.[Y].[Y]. The molecule has 0 spiro atoms. The molecule has 0 heterocycles. The van der Waals surface area contributed by atoms with Crippen molar-refractivity contribution in [2.24, 2.45) is 17.8 Å². The number of rotatable bonds is 2. The van der Waals surface area contributed by atoms with Gasteiger partial charge in [-0.15, -0.1) is 12.1 Å². The van der Waals surface area contributed by atoms with E-state index >= 15 is 0 Å². The first-order valence-electron chi connectivity index (χ1n) is 8.39. The summed E-state index contributed by atoms with van der Waals surface area (Å²) < 4.78 is 13.3. The van der Waals surface area contributed by atoms with E-state index in [-0.39, 0.29) is 71.2 Å². The van der Waals surface area contributed by atoms with E-state index in [1.165, 1.54) is 56.9 Å². The van der Waals surface area contributed by atoms with Crippen LogP contribution in [0.15, 0.2) is 18.2 Å². The van der Waals surface area contributed by atoms with Crippen LogP contribution in [-0.2, 0) is 65.4 Å². The van der Waals surface area contributed by atoms with Crippen LogP contribution in [0.2, 0.25) is 0 Å². The summed E-state index contributed by atoms with van der Waals surface area (Å²) in [7, 11) is 0. The van der Waals surface area contributed by atoms with Crippen LogP contribution < -0.4 is 0 Å². The van der Waals surface area contributed by atoms with Gasteiger partial charge in [0, 0.05) is 71.2 Å². The van der Waals surface area contributed by atoms with E-state index in [1.807, 2.05) is 0 Å². The third-order valence-electron chi connectivity index (χ3n) is 5.76. The van der Waals surface area contributed by atoms with Gasteiger partial charge in [0.25, 0.3) is 0 Å². The fourth-order valence-corrected chi connectivity index (χ4v) is 4.39. The van der Waals surface area contributed by atoms with E-state index in [4.69, 9.17) is 0 Å². The second kappa shape index (κ2) is 10.4. The molecule has 3 rings (SSSR count). The van der Waals surface area contributed by atoms with Crippen LogP contribution in [0.1, 0.15) is 69.8 Å². The molecule has 0 aromatic heterocycles. The number of benzene rings is 1. The molecule has 0 atom stereocenters. The minimum absolute atomic E-state index is 0. The summed E-state index contributed by atoms with van der Waals surface area (Å²) in [4.78, 5) is 0. The Balaban J connectivity index is 0.00000121. The summed E-state index contributed by atoms with van der Waals surface area (Å²) in [5.41, 5.74) is 1.19. The Labute approximate surface area is 185 Å². The van der Waals surface area contributed by atoms with Crippen LogP contribution in [-0.4, -0.2) is 0 Å². The average molecular weight is 451 g/mol. The molecule has 3 heteroatoms. The molecule has 2 aliphatic rings. The van der Waals surface area contributed by atoms with Gasteiger partial charge in [0.05, 0.1) is 0 Å². The van der Waals surface area contributed by atoms with Crippen molar-refractivity contribution in [3.8, 4) is 0 Å². The maximum Gasteiger partial charge on any atom is 0.0111 e. The van der Waals surface area contributed by atoms with Gasteiger partial charge < -0.3 is 0 Å². The Hall–Kier alpha value is 1.36. The third-order valence-corrected chi connectivity index (χ3v) is 5.76. The first-order valence-corrected chi connectivity index (χ1v) is 8.39. The zero-order valence-corrected chi connectivity index (χ0v) is 19.4. The van der Waals surface area contributed by atoms with Crippen molar-refractivity contribution in [2.75, 3.05) is 0 Å². The molecular formula is C19H26FY2-. The molecule has 22 heavy (non-hydrogen) atoms. The number of hydrogen-bond acceptors (Lipinski definition) is 0. The number of hydrogen-bond donors (Lipinski definition) is 0. The van der Waals surface area contributed by atoms with E-state index in [9.17, 15) is 4.39 Å². The van der Waals surface area contributed by atoms with Gasteiger partial charge in [-0.1, -0.05) is 19.8 Å². The molecule has 0 nitrogen and oxygen atoms in total. The summed E-state index contributed by atoms with van der Waals surface area (Å²) in [5.74, 6) is 3.25. The predicted octanol–water partition coefficient (Wildman–Crippen LogP) is 5.72. The van der Waals surface area contributed by atoms with Crippen LogP contribution >= 0.6 is 0 Å². The van der Waals surface area contributed by atoms with Gasteiger partial charge in [-0.3, -0.25) is 0 Å².